The van der Waals surface area contributed by atoms with Gasteiger partial charge in [-0.3, -0.25) is 19.3 Å². The Kier molecular flexibility index (Phi) is 10.6. The van der Waals surface area contributed by atoms with Crippen LogP contribution in [0.2, 0.25) is 0 Å². The van der Waals surface area contributed by atoms with Gasteiger partial charge in [0.2, 0.25) is 11.7 Å². The second-order valence-corrected chi connectivity index (χ2v) is 14.3. The highest BCUT2D eigenvalue weighted by Gasteiger charge is 2.34. The Morgan fingerprint density at radius 2 is 1.76 bits per heavy atom. The zero-order valence-corrected chi connectivity index (χ0v) is 31.1. The van der Waals surface area contributed by atoms with Gasteiger partial charge in [-0.2, -0.15) is 22.7 Å². The van der Waals surface area contributed by atoms with E-state index < -0.39 is 47.4 Å². The maximum atomic E-state index is 14.4. The minimum Gasteiger partial charge on any atom is -0.505 e. The molecule has 2 aliphatic rings. The number of allylic oxidation sites excluding steroid dienone is 1. The molecule has 18 heteroatoms. The molecule has 1 aromatic carbocycles. The summed E-state index contributed by atoms with van der Waals surface area (Å²) in [5, 5.41) is 17.5. The highest BCUT2D eigenvalue weighted by atomic mass is 19.4. The van der Waals surface area contributed by atoms with E-state index >= 15 is 0 Å². The van der Waals surface area contributed by atoms with Crippen LogP contribution in [0.3, 0.4) is 0 Å². The van der Waals surface area contributed by atoms with Gasteiger partial charge in [0.15, 0.2) is 11.5 Å². The highest BCUT2D eigenvalue weighted by molar-refractivity contribution is 5.95. The number of fused-ring (bicyclic) bond motifs is 1. The van der Waals surface area contributed by atoms with Gasteiger partial charge in [0.05, 0.1) is 17.0 Å². The van der Waals surface area contributed by atoms with Crippen molar-refractivity contribution in [1.82, 2.24) is 33.9 Å². The quantitative estimate of drug-likeness (QED) is 0.266. The molecule has 5 heterocycles. The number of benzene rings is 1. The lowest BCUT2D eigenvalue weighted by Crippen LogP contribution is -2.51. The van der Waals surface area contributed by atoms with Crippen LogP contribution in [0.25, 0.3) is 11.5 Å². The number of hydrogen-bond donors (Lipinski definition) is 2. The molecule has 0 spiro atoms. The number of hydrogen-bond acceptors (Lipinski definition) is 10. The van der Waals surface area contributed by atoms with Gasteiger partial charge in [-0.15, -0.1) is 5.10 Å². The molecule has 292 valence electrons. The Morgan fingerprint density at radius 3 is 2.40 bits per heavy atom. The lowest BCUT2D eigenvalue weighted by molar-refractivity contribution is -0.137. The summed E-state index contributed by atoms with van der Waals surface area (Å²) in [5.41, 5.74) is -0.895. The third-order valence-corrected chi connectivity index (χ3v) is 9.22. The van der Waals surface area contributed by atoms with Crippen molar-refractivity contribution in [3.63, 3.8) is 0 Å². The molecule has 0 atom stereocenters. The standard InChI is InChI=1S/C37H42F3N9O6/c1-6-25-30(45-16-18-46(19-17-45)32(52)29-27(50)11-9-14-41-29)33(53)49-34(43-31(44-49)26-10-7-8-15-47(26)35(54)55-36(3,4)5)48(25)21-28(51)42-24-13-12-23(20-22(24)2)37(38,39)40/h9-14,20,50H,6-8,15-19,21H2,1-5H3,(H,42,51). The van der Waals surface area contributed by atoms with E-state index in [1.54, 1.807) is 38.7 Å². The second kappa shape index (κ2) is 15.1. The maximum absolute atomic E-state index is 14.4. The topological polar surface area (TPSA) is 168 Å². The summed E-state index contributed by atoms with van der Waals surface area (Å²) in [7, 11) is 0. The van der Waals surface area contributed by atoms with Crippen LogP contribution in [0.15, 0.2) is 47.4 Å². The third kappa shape index (κ3) is 8.12. The average Bonchev–Trinajstić information content (AvgIpc) is 3.58. The number of ether oxygens (including phenoxy) is 1. The van der Waals surface area contributed by atoms with E-state index in [0.29, 0.717) is 30.8 Å². The van der Waals surface area contributed by atoms with Gasteiger partial charge in [-0.1, -0.05) is 13.0 Å². The van der Waals surface area contributed by atoms with Gasteiger partial charge in [0.25, 0.3) is 11.5 Å². The molecule has 4 aromatic rings. The van der Waals surface area contributed by atoms with Crippen molar-refractivity contribution >= 4 is 40.8 Å². The number of carbonyl (C=O) groups excluding carboxylic acids is 3. The van der Waals surface area contributed by atoms with Crippen molar-refractivity contribution in [1.29, 1.82) is 0 Å². The average molecular weight is 766 g/mol. The number of pyridine rings is 1. The van der Waals surface area contributed by atoms with Crippen molar-refractivity contribution in [3.8, 4) is 5.75 Å². The van der Waals surface area contributed by atoms with Crippen LogP contribution in [0, 0.1) is 6.92 Å². The Labute approximate surface area is 314 Å². The second-order valence-electron chi connectivity index (χ2n) is 14.3. The van der Waals surface area contributed by atoms with E-state index in [9.17, 15) is 37.5 Å². The lowest BCUT2D eigenvalue weighted by atomic mass is 10.1. The van der Waals surface area contributed by atoms with Gasteiger partial charge in [0, 0.05) is 44.6 Å². The van der Waals surface area contributed by atoms with Gasteiger partial charge < -0.3 is 29.5 Å². The number of rotatable bonds is 7. The Balaban J connectivity index is 1.40. The van der Waals surface area contributed by atoms with Crippen molar-refractivity contribution in [2.24, 2.45) is 0 Å². The molecule has 0 aliphatic carbocycles. The number of aromatic nitrogens is 5. The third-order valence-electron chi connectivity index (χ3n) is 9.22. The molecule has 0 radical (unpaired) electrons. The summed E-state index contributed by atoms with van der Waals surface area (Å²) >= 11 is 0. The van der Waals surface area contributed by atoms with Crippen molar-refractivity contribution in [2.45, 2.75) is 72.2 Å². The van der Waals surface area contributed by atoms with Crippen LogP contribution in [-0.4, -0.2) is 95.3 Å². The molecule has 6 rings (SSSR count). The largest absolute Gasteiger partial charge is 0.505 e. The molecule has 0 saturated carbocycles. The predicted octanol–water partition coefficient (Wildman–Crippen LogP) is 4.85. The van der Waals surface area contributed by atoms with Crippen LogP contribution < -0.4 is 15.8 Å². The summed E-state index contributed by atoms with van der Waals surface area (Å²) in [4.78, 5) is 68.1. The SMILES string of the molecule is CCc1c(N2CCN(C(=O)c3ncccc3O)CC2)c(=O)n2nc(C3=CCCCN3C(=O)OC(C)(C)C)nc2n1CC(=O)Nc1ccc(C(F)(F)F)cc1C. The first-order chi connectivity index (χ1) is 26.0. The molecule has 3 amide bonds. The number of alkyl halides is 3. The van der Waals surface area contributed by atoms with E-state index in [2.05, 4.69) is 15.4 Å². The van der Waals surface area contributed by atoms with Gasteiger partial charge in [0.1, 0.15) is 23.6 Å². The Morgan fingerprint density at radius 1 is 1.04 bits per heavy atom. The number of nitrogens with one attached hydrogen (secondary N) is 1. The summed E-state index contributed by atoms with van der Waals surface area (Å²) in [5.74, 6) is -1.25. The lowest BCUT2D eigenvalue weighted by Gasteiger charge is -2.36. The summed E-state index contributed by atoms with van der Waals surface area (Å²) < 4.78 is 48.3. The first-order valence-electron chi connectivity index (χ1n) is 17.9. The van der Waals surface area contributed by atoms with E-state index in [1.165, 1.54) is 45.7 Å². The Hall–Kier alpha value is -5.94. The molecule has 1 saturated heterocycles. The van der Waals surface area contributed by atoms with Crippen molar-refractivity contribution in [3.05, 3.63) is 81.3 Å². The van der Waals surface area contributed by atoms with Crippen molar-refractivity contribution < 1.29 is 37.4 Å². The number of piperazine rings is 1. The van der Waals surface area contributed by atoms with Crippen LogP contribution >= 0.6 is 0 Å². The molecule has 3 aromatic heterocycles. The van der Waals surface area contributed by atoms with Crippen LogP contribution in [0.1, 0.15) is 73.7 Å². The summed E-state index contributed by atoms with van der Waals surface area (Å²) in [6.07, 6.45) is -0.457. The fourth-order valence-electron chi connectivity index (χ4n) is 6.63. The Bertz CT molecular complexity index is 2230. The van der Waals surface area contributed by atoms with E-state index in [4.69, 9.17) is 9.72 Å². The fraction of sp³-hybridized carbons (Fsp3) is 0.432. The highest BCUT2D eigenvalue weighted by Crippen LogP contribution is 2.32. The molecule has 0 unspecified atom stereocenters. The molecule has 0 bridgehead atoms. The number of amides is 3. The van der Waals surface area contributed by atoms with Gasteiger partial charge in [-0.05, 0) is 82.9 Å². The molecular weight excluding hydrogens is 723 g/mol. The monoisotopic (exact) mass is 765 g/mol. The molecule has 55 heavy (non-hydrogen) atoms. The van der Waals surface area contributed by atoms with Gasteiger partial charge >= 0.3 is 12.3 Å². The first-order valence-corrected chi connectivity index (χ1v) is 17.9. The minimum atomic E-state index is -4.56. The zero-order valence-electron chi connectivity index (χ0n) is 31.1. The van der Waals surface area contributed by atoms with Crippen molar-refractivity contribution in [2.75, 3.05) is 42.9 Å². The van der Waals surface area contributed by atoms with E-state index in [0.717, 1.165) is 16.6 Å². The number of aryl methyl sites for hydroxylation is 1. The normalized spacial score (nSPS) is 15.3. The van der Waals surface area contributed by atoms with Crippen LogP contribution in [0.5, 0.6) is 5.75 Å². The first kappa shape index (κ1) is 38.8. The number of nitrogens with zero attached hydrogens (tertiary/aromatic N) is 8. The smallest absolute Gasteiger partial charge is 0.416 e. The van der Waals surface area contributed by atoms with Gasteiger partial charge in [-0.25, -0.2) is 9.78 Å². The van der Waals surface area contributed by atoms with Crippen LogP contribution in [-0.2, 0) is 28.7 Å². The van der Waals surface area contributed by atoms with E-state index in [-0.39, 0.29) is 72.6 Å². The number of aromatic hydroxyl groups is 1. The fourth-order valence-corrected chi connectivity index (χ4v) is 6.63. The molecule has 2 N–H and O–H groups in total. The molecule has 2 aliphatic heterocycles. The number of carbonyl (C=O) groups is 3. The maximum Gasteiger partial charge on any atom is 0.416 e. The minimum absolute atomic E-state index is 0.00921. The van der Waals surface area contributed by atoms with Crippen LogP contribution in [0.4, 0.5) is 29.3 Å². The number of halogens is 3. The molecule has 1 fully saturated rings. The molecular formula is C37H42F3N9O6. The number of anilines is 2. The summed E-state index contributed by atoms with van der Waals surface area (Å²) in [6.45, 7) is 9.21. The van der Waals surface area contributed by atoms with E-state index in [1.807, 2.05) is 0 Å². The summed E-state index contributed by atoms with van der Waals surface area (Å²) in [6, 6.07) is 5.90. The predicted molar refractivity (Wildman–Crippen MR) is 196 cm³/mol. The molecule has 15 nitrogen and oxygen atoms in total. The zero-order chi connectivity index (χ0) is 39.8.